The molecular weight excluding hydrogens is 293 g/mol. The Morgan fingerprint density at radius 2 is 2.05 bits per heavy atom. The van der Waals surface area contributed by atoms with E-state index in [1.165, 1.54) is 6.92 Å². The summed E-state index contributed by atoms with van der Waals surface area (Å²) in [6.45, 7) is 4.29. The number of aromatic nitrogens is 2. The van der Waals surface area contributed by atoms with Gasteiger partial charge in [-0.05, 0) is 12.8 Å². The number of nitrogens with zero attached hydrogens (tertiary/aromatic N) is 3. The Balaban J connectivity index is 2.27. The zero-order chi connectivity index (χ0) is 16.0. The van der Waals surface area contributed by atoms with Crippen molar-refractivity contribution in [3.8, 4) is 6.07 Å². The van der Waals surface area contributed by atoms with E-state index < -0.39 is 29.3 Å². The lowest BCUT2D eigenvalue weighted by Crippen LogP contribution is -2.38. The van der Waals surface area contributed by atoms with Gasteiger partial charge >= 0.3 is 6.18 Å². The summed E-state index contributed by atoms with van der Waals surface area (Å²) in [6, 6.07) is 1.77. The molecule has 0 aliphatic heterocycles. The normalized spacial score (nSPS) is 18.1. The minimum Gasteiger partial charge on any atom is -0.254 e. The average molecular weight is 305 g/mol. The van der Waals surface area contributed by atoms with Crippen LogP contribution in [-0.2, 0) is 6.54 Å². The summed E-state index contributed by atoms with van der Waals surface area (Å²) >= 11 is 0. The molecule has 1 fully saturated rings. The smallest absolute Gasteiger partial charge is 0.254 e. The van der Waals surface area contributed by atoms with Crippen molar-refractivity contribution in [3.05, 3.63) is 23.5 Å². The Morgan fingerprint density at radius 1 is 1.48 bits per heavy atom. The van der Waals surface area contributed by atoms with Crippen LogP contribution in [0.25, 0.3) is 5.57 Å². The number of alkyl halides is 5. The molecular formula is C13H12F5N3. The molecule has 0 N–H and O–H groups in total. The molecule has 1 aliphatic rings. The summed E-state index contributed by atoms with van der Waals surface area (Å²) in [6.07, 6.45) is -5.33. The van der Waals surface area contributed by atoms with Gasteiger partial charge in [0.15, 0.2) is 0 Å². The Hall–Kier alpha value is -1.91. The summed E-state index contributed by atoms with van der Waals surface area (Å²) in [4.78, 5) is 0. The fraction of sp³-hybridized carbons (Fsp3) is 0.538. The first kappa shape index (κ1) is 15.5. The molecule has 114 valence electrons. The molecule has 1 aromatic rings. The molecule has 8 heteroatoms. The fourth-order valence-corrected chi connectivity index (χ4v) is 2.40. The molecule has 21 heavy (non-hydrogen) atoms. The van der Waals surface area contributed by atoms with Crippen molar-refractivity contribution in [1.29, 1.82) is 5.26 Å². The van der Waals surface area contributed by atoms with Crippen molar-refractivity contribution in [3.63, 3.8) is 0 Å². The van der Waals surface area contributed by atoms with Crippen LogP contribution in [0.3, 0.4) is 0 Å². The van der Waals surface area contributed by atoms with Crippen molar-refractivity contribution >= 4 is 5.57 Å². The van der Waals surface area contributed by atoms with Crippen molar-refractivity contribution in [2.45, 2.75) is 38.4 Å². The molecule has 0 saturated heterocycles. The topological polar surface area (TPSA) is 41.6 Å². The van der Waals surface area contributed by atoms with Crippen molar-refractivity contribution in [2.75, 3.05) is 0 Å². The van der Waals surface area contributed by atoms with E-state index >= 15 is 0 Å². The van der Waals surface area contributed by atoms with E-state index in [-0.39, 0.29) is 30.6 Å². The number of nitriles is 1. The van der Waals surface area contributed by atoms with Crippen LogP contribution in [0.2, 0.25) is 0 Å². The summed E-state index contributed by atoms with van der Waals surface area (Å²) in [5.41, 5.74) is -1.55. The standard InChI is InChI=1S/C13H12F5N3/c1-7-10(5-19)21(6-9-3-12(14,15)4-9)20-11(7)8(2)13(16,17)18/h9H,2-4,6H2,1H3. The van der Waals surface area contributed by atoms with Crippen LogP contribution in [0.1, 0.15) is 29.8 Å². The van der Waals surface area contributed by atoms with Crippen LogP contribution in [0, 0.1) is 24.2 Å². The van der Waals surface area contributed by atoms with E-state index in [0.717, 1.165) is 4.68 Å². The predicted octanol–water partition coefficient (Wildman–Crippen LogP) is 3.68. The second kappa shape index (κ2) is 4.83. The first-order valence-electron chi connectivity index (χ1n) is 6.17. The minimum atomic E-state index is -4.65. The number of allylic oxidation sites excluding steroid dienone is 1. The third kappa shape index (κ3) is 2.91. The lowest BCUT2D eigenvalue weighted by molar-refractivity contribution is -0.114. The van der Waals surface area contributed by atoms with E-state index in [4.69, 9.17) is 5.26 Å². The molecule has 0 amide bonds. The van der Waals surface area contributed by atoms with Gasteiger partial charge in [0, 0.05) is 24.9 Å². The van der Waals surface area contributed by atoms with Gasteiger partial charge in [-0.25, -0.2) is 8.78 Å². The van der Waals surface area contributed by atoms with Crippen molar-refractivity contribution in [1.82, 2.24) is 9.78 Å². The fourth-order valence-electron chi connectivity index (χ4n) is 2.40. The van der Waals surface area contributed by atoms with E-state index in [0.29, 0.717) is 0 Å². The zero-order valence-electron chi connectivity index (χ0n) is 11.1. The van der Waals surface area contributed by atoms with Crippen molar-refractivity contribution in [2.24, 2.45) is 5.92 Å². The van der Waals surface area contributed by atoms with Crippen LogP contribution in [0.5, 0.6) is 0 Å². The SMILES string of the molecule is C=C(c1nn(CC2CC(F)(F)C2)c(C#N)c1C)C(F)(F)F. The van der Waals surface area contributed by atoms with Gasteiger partial charge in [0.1, 0.15) is 17.5 Å². The van der Waals surface area contributed by atoms with Crippen LogP contribution in [0.4, 0.5) is 22.0 Å². The van der Waals surface area contributed by atoms with Gasteiger partial charge in [-0.3, -0.25) is 4.68 Å². The van der Waals surface area contributed by atoms with E-state index in [1.807, 2.05) is 0 Å². The molecule has 0 spiro atoms. The van der Waals surface area contributed by atoms with Gasteiger partial charge in [-0.1, -0.05) is 6.58 Å². The van der Waals surface area contributed by atoms with Gasteiger partial charge < -0.3 is 0 Å². The van der Waals surface area contributed by atoms with Crippen LogP contribution >= 0.6 is 0 Å². The Labute approximate surface area is 117 Å². The number of hydrogen-bond acceptors (Lipinski definition) is 2. The first-order chi connectivity index (χ1) is 9.55. The Morgan fingerprint density at radius 3 is 2.48 bits per heavy atom. The molecule has 0 aromatic carbocycles. The monoisotopic (exact) mass is 305 g/mol. The molecule has 3 nitrogen and oxygen atoms in total. The van der Waals surface area contributed by atoms with Gasteiger partial charge in [-0.2, -0.15) is 23.5 Å². The van der Waals surface area contributed by atoms with Crippen LogP contribution < -0.4 is 0 Å². The zero-order valence-corrected chi connectivity index (χ0v) is 11.1. The molecule has 1 heterocycles. The lowest BCUT2D eigenvalue weighted by Gasteiger charge is -2.34. The summed E-state index contributed by atoms with van der Waals surface area (Å²) in [5, 5.41) is 12.8. The predicted molar refractivity (Wildman–Crippen MR) is 64.4 cm³/mol. The highest BCUT2D eigenvalue weighted by molar-refractivity contribution is 5.68. The second-order valence-corrected chi connectivity index (χ2v) is 5.22. The van der Waals surface area contributed by atoms with Crippen LogP contribution in [-0.4, -0.2) is 21.9 Å². The molecule has 0 atom stereocenters. The lowest BCUT2D eigenvalue weighted by atomic mass is 9.81. The maximum atomic E-state index is 12.8. The molecule has 2 rings (SSSR count). The summed E-state index contributed by atoms with van der Waals surface area (Å²) < 4.78 is 64.7. The number of hydrogen-bond donors (Lipinski definition) is 0. The van der Waals surface area contributed by atoms with E-state index in [9.17, 15) is 22.0 Å². The minimum absolute atomic E-state index is 0.00443. The highest BCUT2D eigenvalue weighted by Gasteiger charge is 2.45. The molecule has 1 aliphatic carbocycles. The number of rotatable bonds is 3. The molecule has 1 saturated carbocycles. The Bertz CT molecular complexity index is 613. The third-order valence-corrected chi connectivity index (χ3v) is 3.53. The quantitative estimate of drug-likeness (QED) is 0.799. The summed E-state index contributed by atoms with van der Waals surface area (Å²) in [7, 11) is 0. The van der Waals surface area contributed by atoms with Gasteiger partial charge in [0.05, 0.1) is 5.57 Å². The average Bonchev–Trinajstić information content (AvgIpc) is 2.61. The molecule has 0 unspecified atom stereocenters. The Kier molecular flexibility index (Phi) is 3.56. The highest BCUT2D eigenvalue weighted by atomic mass is 19.4. The third-order valence-electron chi connectivity index (χ3n) is 3.53. The molecule has 1 aromatic heterocycles. The van der Waals surface area contributed by atoms with Crippen LogP contribution in [0.15, 0.2) is 6.58 Å². The number of halogens is 5. The first-order valence-corrected chi connectivity index (χ1v) is 6.17. The molecule has 0 bridgehead atoms. The largest absolute Gasteiger partial charge is 0.417 e. The van der Waals surface area contributed by atoms with E-state index in [2.05, 4.69) is 11.7 Å². The summed E-state index contributed by atoms with van der Waals surface area (Å²) in [5.74, 6) is -3.11. The van der Waals surface area contributed by atoms with Gasteiger partial charge in [0.25, 0.3) is 0 Å². The highest BCUT2D eigenvalue weighted by Crippen LogP contribution is 2.43. The van der Waals surface area contributed by atoms with Gasteiger partial charge in [0.2, 0.25) is 5.92 Å². The van der Waals surface area contributed by atoms with Crippen molar-refractivity contribution < 1.29 is 22.0 Å². The molecule has 0 radical (unpaired) electrons. The maximum absolute atomic E-state index is 12.8. The maximum Gasteiger partial charge on any atom is 0.417 e. The van der Waals surface area contributed by atoms with Gasteiger partial charge in [-0.15, -0.1) is 0 Å². The van der Waals surface area contributed by atoms with E-state index in [1.54, 1.807) is 6.07 Å². The second-order valence-electron chi connectivity index (χ2n) is 5.22.